The van der Waals surface area contributed by atoms with Crippen LogP contribution in [0.2, 0.25) is 0 Å². The van der Waals surface area contributed by atoms with Crippen LogP contribution in [0.3, 0.4) is 0 Å². The van der Waals surface area contributed by atoms with E-state index in [9.17, 15) is 0 Å². The largest absolute Gasteiger partial charge is 0.266 e. The van der Waals surface area contributed by atoms with E-state index in [-0.39, 0.29) is 0 Å². The van der Waals surface area contributed by atoms with E-state index in [0.29, 0.717) is 19.0 Å². The van der Waals surface area contributed by atoms with Crippen molar-refractivity contribution in [3.63, 3.8) is 0 Å². The smallest absolute Gasteiger partial charge is 0.147 e. The van der Waals surface area contributed by atoms with E-state index >= 15 is 0 Å². The van der Waals surface area contributed by atoms with Gasteiger partial charge in [-0.3, -0.25) is 9.97 Å². The SMILES string of the molecule is C(=Cc1ccc([Si]c2ccccn2)cc1)c1ccc([Si]c2ccccn2)cc1. The van der Waals surface area contributed by atoms with Gasteiger partial charge in [0, 0.05) is 23.0 Å². The van der Waals surface area contributed by atoms with Crippen molar-refractivity contribution in [1.29, 1.82) is 0 Å². The lowest BCUT2D eigenvalue weighted by Crippen LogP contribution is -2.28. The number of benzene rings is 2. The average molecular weight is 391 g/mol. The summed E-state index contributed by atoms with van der Waals surface area (Å²) in [5.74, 6) is 0. The van der Waals surface area contributed by atoms with Crippen LogP contribution < -0.4 is 21.0 Å². The van der Waals surface area contributed by atoms with E-state index in [1.807, 2.05) is 36.7 Å². The highest BCUT2D eigenvalue weighted by Gasteiger charge is 2.00. The molecule has 0 aliphatic rings. The Hall–Kier alpha value is -3.09. The number of hydrogen-bond donors (Lipinski definition) is 0. The van der Waals surface area contributed by atoms with Gasteiger partial charge in [-0.2, -0.15) is 0 Å². The van der Waals surface area contributed by atoms with Crippen molar-refractivity contribution in [2.75, 3.05) is 0 Å². The Kier molecular flexibility index (Phi) is 6.02. The molecule has 2 aromatic carbocycles. The van der Waals surface area contributed by atoms with Crippen LogP contribution in [0.1, 0.15) is 11.1 Å². The molecule has 0 saturated carbocycles. The van der Waals surface area contributed by atoms with Crippen LogP contribution in [0.15, 0.2) is 97.3 Å². The lowest BCUT2D eigenvalue weighted by atomic mass is 10.1. The maximum absolute atomic E-state index is 4.40. The van der Waals surface area contributed by atoms with Gasteiger partial charge in [-0.15, -0.1) is 0 Å². The first-order valence-corrected chi connectivity index (χ1v) is 11.1. The summed E-state index contributed by atoms with van der Waals surface area (Å²) in [6.07, 6.45) is 8.01. The van der Waals surface area contributed by atoms with Crippen LogP contribution >= 0.6 is 0 Å². The molecule has 0 N–H and O–H groups in total. The second-order valence-electron chi connectivity index (χ2n) is 6.26. The second kappa shape index (κ2) is 9.21. The van der Waals surface area contributed by atoms with Gasteiger partial charge in [0.1, 0.15) is 19.0 Å². The topological polar surface area (TPSA) is 25.8 Å². The van der Waals surface area contributed by atoms with Gasteiger partial charge in [0.05, 0.1) is 0 Å². The van der Waals surface area contributed by atoms with Crippen LogP contribution in [-0.4, -0.2) is 29.0 Å². The van der Waals surface area contributed by atoms with Crippen molar-refractivity contribution in [2.45, 2.75) is 0 Å². The normalized spacial score (nSPS) is 11.0. The van der Waals surface area contributed by atoms with Crippen LogP contribution in [0.25, 0.3) is 12.2 Å². The van der Waals surface area contributed by atoms with E-state index in [0.717, 1.165) is 10.6 Å². The molecule has 2 aromatic heterocycles. The summed E-state index contributed by atoms with van der Waals surface area (Å²) < 4.78 is 0. The number of nitrogens with zero attached hydrogens (tertiary/aromatic N) is 2. The molecule has 4 rings (SSSR count). The first kappa shape index (κ1) is 18.3. The maximum atomic E-state index is 4.40. The zero-order valence-corrected chi connectivity index (χ0v) is 17.3. The molecule has 0 amide bonds. The molecule has 0 atom stereocenters. The maximum Gasteiger partial charge on any atom is 0.147 e. The molecule has 132 valence electrons. The van der Waals surface area contributed by atoms with E-state index < -0.39 is 0 Å². The molecule has 2 heterocycles. The number of aromatic nitrogens is 2. The fraction of sp³-hybridized carbons (Fsp3) is 0. The Morgan fingerprint density at radius 2 is 0.929 bits per heavy atom. The fourth-order valence-electron chi connectivity index (χ4n) is 2.72. The quantitative estimate of drug-likeness (QED) is 0.372. The molecule has 0 bridgehead atoms. The zero-order valence-electron chi connectivity index (χ0n) is 15.3. The molecule has 0 aliphatic heterocycles. The molecule has 4 heteroatoms. The molecule has 4 aromatic rings. The molecule has 0 spiro atoms. The Morgan fingerprint density at radius 1 is 0.500 bits per heavy atom. The molecular formula is C24H18N2Si2. The van der Waals surface area contributed by atoms with Gasteiger partial charge in [-0.1, -0.05) is 83.2 Å². The third kappa shape index (κ3) is 5.22. The van der Waals surface area contributed by atoms with Gasteiger partial charge in [-0.05, 0) is 35.4 Å². The summed E-state index contributed by atoms with van der Waals surface area (Å²) in [7, 11) is 1.19. The summed E-state index contributed by atoms with van der Waals surface area (Å²) in [6.45, 7) is 0. The van der Waals surface area contributed by atoms with Gasteiger partial charge in [0.25, 0.3) is 0 Å². The standard InChI is InChI=1S/C24H18N2Si2/c1-3-17-25-23(5-1)27-21-13-9-19(10-14-21)7-8-20-11-15-22(16-12-20)28-24-6-2-4-18-26-24/h1-18H. The van der Waals surface area contributed by atoms with Crippen LogP contribution in [0.5, 0.6) is 0 Å². The lowest BCUT2D eigenvalue weighted by Gasteiger charge is -2.02. The van der Waals surface area contributed by atoms with Crippen molar-refractivity contribution >= 4 is 52.2 Å². The van der Waals surface area contributed by atoms with Crippen molar-refractivity contribution in [2.24, 2.45) is 0 Å². The van der Waals surface area contributed by atoms with Crippen molar-refractivity contribution in [3.05, 3.63) is 108 Å². The molecule has 0 aliphatic carbocycles. The van der Waals surface area contributed by atoms with Crippen molar-refractivity contribution < 1.29 is 0 Å². The average Bonchev–Trinajstić information content (AvgIpc) is 2.76. The summed E-state index contributed by atoms with van der Waals surface area (Å²) in [4.78, 5) is 8.80. The minimum Gasteiger partial charge on any atom is -0.266 e. The number of rotatable bonds is 6. The monoisotopic (exact) mass is 390 g/mol. The molecular weight excluding hydrogens is 372 g/mol. The van der Waals surface area contributed by atoms with Crippen LogP contribution in [-0.2, 0) is 0 Å². The first-order chi connectivity index (χ1) is 13.8. The van der Waals surface area contributed by atoms with Gasteiger partial charge < -0.3 is 0 Å². The summed E-state index contributed by atoms with van der Waals surface area (Å²) in [5.41, 5.74) is 2.41. The number of hydrogen-bond acceptors (Lipinski definition) is 2. The Bertz CT molecular complexity index is 942. The van der Waals surface area contributed by atoms with Crippen molar-refractivity contribution in [1.82, 2.24) is 9.97 Å². The predicted octanol–water partition coefficient (Wildman–Crippen LogP) is 1.96. The van der Waals surface area contributed by atoms with Crippen LogP contribution in [0, 0.1) is 0 Å². The van der Waals surface area contributed by atoms with E-state index in [1.165, 1.54) is 21.5 Å². The van der Waals surface area contributed by atoms with Gasteiger partial charge >= 0.3 is 0 Å². The minimum absolute atomic E-state index is 0.595. The summed E-state index contributed by atoms with van der Waals surface area (Å²) in [5, 5.41) is 4.85. The molecule has 0 saturated heterocycles. The van der Waals surface area contributed by atoms with Gasteiger partial charge in [0.15, 0.2) is 0 Å². The Balaban J connectivity index is 1.37. The van der Waals surface area contributed by atoms with Crippen molar-refractivity contribution in [3.8, 4) is 0 Å². The highest BCUT2D eigenvalue weighted by molar-refractivity contribution is 6.66. The van der Waals surface area contributed by atoms with E-state index in [2.05, 4.69) is 82.8 Å². The molecule has 2 nitrogen and oxygen atoms in total. The minimum atomic E-state index is 0.595. The Morgan fingerprint density at radius 3 is 1.29 bits per heavy atom. The predicted molar refractivity (Wildman–Crippen MR) is 120 cm³/mol. The van der Waals surface area contributed by atoms with Gasteiger partial charge in [-0.25, -0.2) is 0 Å². The molecule has 0 unspecified atom stereocenters. The lowest BCUT2D eigenvalue weighted by molar-refractivity contribution is 1.39. The fourth-order valence-corrected chi connectivity index (χ4v) is 4.61. The third-order valence-electron chi connectivity index (χ3n) is 4.16. The third-order valence-corrected chi connectivity index (χ3v) is 6.51. The highest BCUT2D eigenvalue weighted by Crippen LogP contribution is 2.06. The van der Waals surface area contributed by atoms with E-state index in [1.54, 1.807) is 0 Å². The van der Waals surface area contributed by atoms with E-state index in [4.69, 9.17) is 0 Å². The molecule has 0 fully saturated rings. The highest BCUT2D eigenvalue weighted by atomic mass is 28.2. The zero-order chi connectivity index (χ0) is 19.0. The van der Waals surface area contributed by atoms with Crippen LogP contribution in [0.4, 0.5) is 0 Å². The van der Waals surface area contributed by atoms with Gasteiger partial charge in [0.2, 0.25) is 0 Å². The molecule has 4 radical (unpaired) electrons. The first-order valence-electron chi connectivity index (χ1n) is 9.09. The summed E-state index contributed by atoms with van der Waals surface area (Å²) >= 11 is 0. The Labute approximate surface area is 170 Å². The second-order valence-corrected chi connectivity index (χ2v) is 8.94. The summed E-state index contributed by atoms with van der Waals surface area (Å²) in [6, 6.07) is 29.5. The molecule has 28 heavy (non-hydrogen) atoms. The number of pyridine rings is 2.